The van der Waals surface area contributed by atoms with Gasteiger partial charge in [0.25, 0.3) is 5.91 Å². The van der Waals surface area contributed by atoms with Crippen molar-refractivity contribution >= 4 is 28.7 Å². The van der Waals surface area contributed by atoms with Crippen molar-refractivity contribution < 1.29 is 28.9 Å². The maximum absolute atomic E-state index is 12.9. The first-order valence-corrected chi connectivity index (χ1v) is 13.4. The van der Waals surface area contributed by atoms with E-state index in [1.165, 1.54) is 4.57 Å². The van der Waals surface area contributed by atoms with Gasteiger partial charge in [-0.15, -0.1) is 0 Å². The summed E-state index contributed by atoms with van der Waals surface area (Å²) < 4.78 is 18.7. The van der Waals surface area contributed by atoms with Crippen molar-refractivity contribution in [2.45, 2.75) is 25.6 Å². The fraction of sp³-hybridized carbons (Fsp3) is 0.300. The minimum absolute atomic E-state index is 0.190. The largest absolute Gasteiger partial charge is 0.492 e. The van der Waals surface area contributed by atoms with Crippen molar-refractivity contribution in [3.8, 4) is 17.2 Å². The fourth-order valence-electron chi connectivity index (χ4n) is 4.76. The van der Waals surface area contributed by atoms with Crippen LogP contribution in [0.2, 0.25) is 0 Å². The molecule has 1 fully saturated rings. The van der Waals surface area contributed by atoms with Gasteiger partial charge in [-0.2, -0.15) is 0 Å². The van der Waals surface area contributed by atoms with Crippen LogP contribution in [0.3, 0.4) is 0 Å². The molecule has 3 heterocycles. The summed E-state index contributed by atoms with van der Waals surface area (Å²) >= 11 is 0. The third kappa shape index (κ3) is 7.01. The minimum atomic E-state index is -0.580. The number of aliphatic hydroxyl groups is 1. The maximum atomic E-state index is 12.9. The lowest BCUT2D eigenvalue weighted by molar-refractivity contribution is 0.0755. The summed E-state index contributed by atoms with van der Waals surface area (Å²) in [6.07, 6.45) is 4.55. The molecule has 11 nitrogen and oxygen atoms in total. The molecule has 4 aromatic rings. The molecule has 0 bridgehead atoms. The molecule has 0 spiro atoms. The van der Waals surface area contributed by atoms with Crippen molar-refractivity contribution in [3.05, 3.63) is 78.1 Å². The van der Waals surface area contributed by atoms with Gasteiger partial charge in [0.1, 0.15) is 29.7 Å². The number of likely N-dealkylation sites (tertiary alicyclic amines) is 1. The Morgan fingerprint density at radius 1 is 1.07 bits per heavy atom. The highest BCUT2D eigenvalue weighted by Crippen LogP contribution is 2.32. The number of hydrogen-bond donors (Lipinski definition) is 3. The lowest BCUT2D eigenvalue weighted by atomic mass is 10.1. The monoisotopic (exact) mass is 559 g/mol. The predicted octanol–water partition coefficient (Wildman–Crippen LogP) is 3.99. The van der Waals surface area contributed by atoms with Crippen LogP contribution in [0.25, 0.3) is 10.9 Å². The Kier molecular flexibility index (Phi) is 8.78. The van der Waals surface area contributed by atoms with Gasteiger partial charge in [0.15, 0.2) is 0 Å². The number of ether oxygens (including phenoxy) is 3. The minimum Gasteiger partial charge on any atom is -0.492 e. The summed E-state index contributed by atoms with van der Waals surface area (Å²) in [7, 11) is 1.57. The number of nitrogens with two attached hydrogens (primary N) is 1. The molecule has 1 saturated heterocycles. The Morgan fingerprint density at radius 2 is 1.85 bits per heavy atom. The zero-order valence-electron chi connectivity index (χ0n) is 22.8. The van der Waals surface area contributed by atoms with E-state index in [9.17, 15) is 14.7 Å². The van der Waals surface area contributed by atoms with E-state index in [1.54, 1.807) is 68.0 Å². The summed E-state index contributed by atoms with van der Waals surface area (Å²) in [6, 6.07) is 15.1. The van der Waals surface area contributed by atoms with Crippen molar-refractivity contribution in [2.75, 3.05) is 38.7 Å². The molecule has 5 rings (SSSR count). The molecular weight excluding hydrogens is 526 g/mol. The van der Waals surface area contributed by atoms with Gasteiger partial charge in [-0.25, -0.2) is 9.78 Å². The highest BCUT2D eigenvalue weighted by atomic mass is 16.5. The van der Waals surface area contributed by atoms with Crippen LogP contribution in [0.15, 0.2) is 67.0 Å². The first-order chi connectivity index (χ1) is 19.9. The number of aromatic nitrogens is 2. The van der Waals surface area contributed by atoms with Crippen LogP contribution >= 0.6 is 0 Å². The number of primary amides is 1. The molecule has 1 aliphatic heterocycles. The Morgan fingerprint density at radius 3 is 2.59 bits per heavy atom. The molecule has 2 aromatic heterocycles. The lowest BCUT2D eigenvalue weighted by Crippen LogP contribution is -2.38. The topological polar surface area (TPSA) is 141 Å². The van der Waals surface area contributed by atoms with Crippen LogP contribution in [0.1, 0.15) is 28.8 Å². The molecule has 0 saturated carbocycles. The number of nitrogens with one attached hydrogen (secondary N) is 1. The molecule has 0 unspecified atom stereocenters. The van der Waals surface area contributed by atoms with Crippen molar-refractivity contribution in [2.24, 2.45) is 5.73 Å². The van der Waals surface area contributed by atoms with E-state index >= 15 is 0 Å². The van der Waals surface area contributed by atoms with Gasteiger partial charge in [0.05, 0.1) is 18.2 Å². The molecule has 0 aliphatic carbocycles. The van der Waals surface area contributed by atoms with Crippen LogP contribution in [0.5, 0.6) is 17.2 Å². The smallest absolute Gasteiger partial charge is 0.323 e. The fourth-order valence-corrected chi connectivity index (χ4v) is 4.76. The van der Waals surface area contributed by atoms with Crippen molar-refractivity contribution in [1.29, 1.82) is 0 Å². The number of hydrogen-bond acceptors (Lipinski definition) is 8. The van der Waals surface area contributed by atoms with E-state index in [4.69, 9.17) is 19.9 Å². The van der Waals surface area contributed by atoms with Gasteiger partial charge in [0.2, 0.25) is 0 Å². The number of nitrogens with zero attached hydrogens (tertiary/aromatic N) is 3. The van der Waals surface area contributed by atoms with Gasteiger partial charge in [-0.1, -0.05) is 0 Å². The highest BCUT2D eigenvalue weighted by molar-refractivity contribution is 6.03. The first-order valence-electron chi connectivity index (χ1n) is 13.4. The van der Waals surface area contributed by atoms with Crippen molar-refractivity contribution in [1.82, 2.24) is 14.5 Å². The van der Waals surface area contributed by atoms with Gasteiger partial charge in [-0.3, -0.25) is 14.3 Å². The number of aliphatic hydroxyl groups excluding tert-OH is 1. The SMILES string of the molecule is COCc1cc2c(ccn2C(N)=O)cc1Oc1ccnc(NC(=O)c2ccc(OCCN3CCC(O)CC3)cc2)c1. The number of fused-ring (bicyclic) bond motifs is 1. The Hall–Kier alpha value is -4.45. The average Bonchev–Trinajstić information content (AvgIpc) is 3.38. The number of piperidine rings is 1. The molecule has 0 atom stereocenters. The quantitative estimate of drug-likeness (QED) is 0.265. The second-order valence-electron chi connectivity index (χ2n) is 9.85. The molecular formula is C30H33N5O6. The maximum Gasteiger partial charge on any atom is 0.323 e. The number of pyridine rings is 1. The number of benzene rings is 2. The molecule has 2 amide bonds. The Balaban J connectivity index is 1.20. The number of methoxy groups -OCH3 is 1. The number of carbonyl (C=O) groups excluding carboxylic acids is 2. The van der Waals surface area contributed by atoms with Crippen LogP contribution < -0.4 is 20.5 Å². The van der Waals surface area contributed by atoms with Crippen LogP contribution in [0, 0.1) is 0 Å². The van der Waals surface area contributed by atoms with Gasteiger partial charge >= 0.3 is 6.03 Å². The summed E-state index contributed by atoms with van der Waals surface area (Å²) in [5.74, 6) is 1.70. The molecule has 11 heteroatoms. The number of rotatable bonds is 10. The van der Waals surface area contributed by atoms with E-state index < -0.39 is 6.03 Å². The third-order valence-electron chi connectivity index (χ3n) is 6.96. The van der Waals surface area contributed by atoms with E-state index in [1.807, 2.05) is 6.07 Å². The third-order valence-corrected chi connectivity index (χ3v) is 6.96. The van der Waals surface area contributed by atoms with E-state index in [-0.39, 0.29) is 18.6 Å². The zero-order chi connectivity index (χ0) is 28.8. The van der Waals surface area contributed by atoms with E-state index in [0.29, 0.717) is 40.8 Å². The van der Waals surface area contributed by atoms with Crippen LogP contribution in [0.4, 0.5) is 10.6 Å². The number of carbonyl (C=O) groups is 2. The average molecular weight is 560 g/mol. The second-order valence-corrected chi connectivity index (χ2v) is 9.85. The Bertz CT molecular complexity index is 1510. The van der Waals surface area contributed by atoms with E-state index in [2.05, 4.69) is 15.2 Å². The standard InChI is InChI=1S/C30H33N5O6/c1-39-19-22-16-26-21(7-13-35(26)30(31)38)17-27(22)41-25-6-10-32-28(18-25)33-29(37)20-2-4-24(5-3-20)40-15-14-34-11-8-23(36)9-12-34/h2-7,10,13,16-18,23,36H,8-9,11-12,14-15,19H2,1H3,(H2,31,38)(H,32,33,37). The van der Waals surface area contributed by atoms with Crippen molar-refractivity contribution in [3.63, 3.8) is 0 Å². The molecule has 4 N–H and O–H groups in total. The Labute approximate surface area is 237 Å². The number of amides is 2. The first kappa shape index (κ1) is 28.1. The second kappa shape index (κ2) is 12.8. The zero-order valence-corrected chi connectivity index (χ0v) is 22.8. The summed E-state index contributed by atoms with van der Waals surface area (Å²) in [5, 5.41) is 13.2. The van der Waals surface area contributed by atoms with Gasteiger partial charge in [0, 0.05) is 61.7 Å². The molecule has 41 heavy (non-hydrogen) atoms. The lowest BCUT2D eigenvalue weighted by Gasteiger charge is -2.29. The van der Waals surface area contributed by atoms with Crippen LogP contribution in [-0.4, -0.2) is 71.0 Å². The highest BCUT2D eigenvalue weighted by Gasteiger charge is 2.17. The summed E-state index contributed by atoms with van der Waals surface area (Å²) in [5.41, 5.74) is 7.30. The molecule has 0 radical (unpaired) electrons. The molecule has 1 aliphatic rings. The molecule has 2 aromatic carbocycles. The summed E-state index contributed by atoms with van der Waals surface area (Å²) in [6.45, 7) is 3.33. The predicted molar refractivity (Wildman–Crippen MR) is 154 cm³/mol. The van der Waals surface area contributed by atoms with E-state index in [0.717, 1.165) is 43.4 Å². The summed E-state index contributed by atoms with van der Waals surface area (Å²) in [4.78, 5) is 31.1. The normalized spacial score (nSPS) is 14.2. The van der Waals surface area contributed by atoms with Crippen LogP contribution in [-0.2, 0) is 11.3 Å². The number of anilines is 1. The van der Waals surface area contributed by atoms with Gasteiger partial charge < -0.3 is 30.4 Å². The van der Waals surface area contributed by atoms with Gasteiger partial charge in [-0.05, 0) is 61.4 Å². The molecule has 214 valence electrons.